The maximum Gasteiger partial charge on any atom is 0.516 e. The lowest BCUT2D eigenvalue weighted by atomic mass is 10.2. The van der Waals surface area contributed by atoms with Crippen LogP contribution in [0.25, 0.3) is 0 Å². The second-order valence-corrected chi connectivity index (χ2v) is 8.74. The van der Waals surface area contributed by atoms with E-state index < -0.39 is 54.7 Å². The van der Waals surface area contributed by atoms with Crippen LogP contribution in [0.3, 0.4) is 0 Å². The first kappa shape index (κ1) is 24.2. The van der Waals surface area contributed by atoms with E-state index in [0.29, 0.717) is 12.1 Å². The molecule has 0 aliphatic heterocycles. The van der Waals surface area contributed by atoms with Gasteiger partial charge in [0.05, 0.1) is 17.3 Å². The number of hydrogen-bond donors (Lipinski definition) is 1. The van der Waals surface area contributed by atoms with Gasteiger partial charge in [-0.25, -0.2) is 13.7 Å². The van der Waals surface area contributed by atoms with Crippen LogP contribution >= 0.6 is 11.6 Å². The van der Waals surface area contributed by atoms with Crippen molar-refractivity contribution >= 4 is 33.2 Å². The van der Waals surface area contributed by atoms with Crippen molar-refractivity contribution in [3.8, 4) is 11.9 Å². The fourth-order valence-electron chi connectivity index (χ4n) is 2.43. The van der Waals surface area contributed by atoms with Crippen LogP contribution in [-0.4, -0.2) is 36.4 Å². The van der Waals surface area contributed by atoms with Gasteiger partial charge in [0, 0.05) is 6.20 Å². The largest absolute Gasteiger partial charge is 0.516 e. The normalized spacial score (nSPS) is 13.7. The van der Waals surface area contributed by atoms with Gasteiger partial charge >= 0.3 is 15.5 Å². The molecule has 0 radical (unpaired) electrons. The summed E-state index contributed by atoms with van der Waals surface area (Å²) in [4.78, 5) is 12.6. The first-order valence-corrected chi connectivity index (χ1v) is 9.92. The van der Waals surface area contributed by atoms with Crippen LogP contribution < -0.4 is 14.8 Å². The SMILES string of the molecule is C[C@](Cl)(COc1ncccc1C(N)=O)N(c1ccc(C#N)cc1F)S(=O)(=O)C(F)(F)F. The number of pyridine rings is 1. The molecule has 1 heterocycles. The molecule has 1 aromatic carbocycles. The van der Waals surface area contributed by atoms with Gasteiger partial charge in [0.25, 0.3) is 5.91 Å². The summed E-state index contributed by atoms with van der Waals surface area (Å²) in [6.07, 6.45) is 1.18. The molecule has 8 nitrogen and oxygen atoms in total. The predicted molar refractivity (Wildman–Crippen MR) is 101 cm³/mol. The van der Waals surface area contributed by atoms with Gasteiger partial charge in [0.1, 0.15) is 18.0 Å². The molecule has 1 atom stereocenters. The standard InChI is InChI=1S/C17H13ClF4N4O4S/c1-16(18,9-30-15-11(14(24)27)3-2-6-25-15)26(31(28,29)17(20,21)22)13-5-4-10(8-23)7-12(13)19/h2-7H,9H2,1H3,(H2,24,27)/t16-/m1/s1. The van der Waals surface area contributed by atoms with Gasteiger partial charge in [-0.05, 0) is 37.3 Å². The van der Waals surface area contributed by atoms with Crippen molar-refractivity contribution < 1.29 is 35.5 Å². The van der Waals surface area contributed by atoms with E-state index in [1.165, 1.54) is 18.3 Å². The quantitative estimate of drug-likeness (QED) is 0.369. The Morgan fingerprint density at radius 2 is 2.00 bits per heavy atom. The molecule has 0 unspecified atom stereocenters. The number of benzene rings is 1. The molecule has 166 valence electrons. The summed E-state index contributed by atoms with van der Waals surface area (Å²) in [5.74, 6) is -2.85. The summed E-state index contributed by atoms with van der Waals surface area (Å²) in [6, 6.07) is 6.23. The van der Waals surface area contributed by atoms with Crippen LogP contribution in [0, 0.1) is 17.1 Å². The fourth-order valence-corrected chi connectivity index (χ4v) is 4.01. The number of alkyl halides is 4. The van der Waals surface area contributed by atoms with Gasteiger partial charge in [-0.3, -0.25) is 4.79 Å². The topological polar surface area (TPSA) is 126 Å². The van der Waals surface area contributed by atoms with Crippen LogP contribution in [0.4, 0.5) is 23.2 Å². The maximum atomic E-state index is 14.5. The molecular formula is C17H13ClF4N4O4S. The number of carbonyl (C=O) groups is 1. The Balaban J connectivity index is 2.56. The zero-order chi connectivity index (χ0) is 23.6. The molecule has 14 heteroatoms. The lowest BCUT2D eigenvalue weighted by Crippen LogP contribution is -2.54. The van der Waals surface area contributed by atoms with Crippen molar-refractivity contribution in [2.45, 2.75) is 17.4 Å². The van der Waals surface area contributed by atoms with E-state index in [4.69, 9.17) is 27.3 Å². The second kappa shape index (κ2) is 8.56. The summed E-state index contributed by atoms with van der Waals surface area (Å²) < 4.78 is 83.7. The number of hydrogen-bond acceptors (Lipinski definition) is 6. The van der Waals surface area contributed by atoms with Crippen LogP contribution in [0.15, 0.2) is 36.5 Å². The minimum atomic E-state index is -6.24. The van der Waals surface area contributed by atoms with Gasteiger partial charge in [-0.2, -0.15) is 26.9 Å². The lowest BCUT2D eigenvalue weighted by Gasteiger charge is -2.37. The molecule has 31 heavy (non-hydrogen) atoms. The Kier molecular flexibility index (Phi) is 6.67. The number of nitrogens with zero attached hydrogens (tertiary/aromatic N) is 3. The second-order valence-electron chi connectivity index (χ2n) is 6.14. The first-order valence-electron chi connectivity index (χ1n) is 8.10. The Morgan fingerprint density at radius 1 is 1.35 bits per heavy atom. The number of carbonyl (C=O) groups excluding carboxylic acids is 1. The first-order chi connectivity index (χ1) is 14.2. The Hall–Kier alpha value is -3.11. The third-order valence-electron chi connectivity index (χ3n) is 3.76. The number of halogens is 5. The predicted octanol–water partition coefficient (Wildman–Crippen LogP) is 2.88. The number of rotatable bonds is 7. The molecule has 0 aliphatic rings. The molecule has 0 aliphatic carbocycles. The van der Waals surface area contributed by atoms with Crippen LogP contribution in [0.2, 0.25) is 0 Å². The van der Waals surface area contributed by atoms with Crippen molar-refractivity contribution in [2.75, 3.05) is 10.9 Å². The number of ether oxygens (including phenoxy) is 1. The van der Waals surface area contributed by atoms with Crippen LogP contribution in [-0.2, 0) is 10.0 Å². The average molecular weight is 481 g/mol. The Labute approximate surface area is 178 Å². The van der Waals surface area contributed by atoms with E-state index >= 15 is 0 Å². The van der Waals surface area contributed by atoms with Crippen molar-refractivity contribution in [3.05, 3.63) is 53.5 Å². The molecule has 2 aromatic rings. The third-order valence-corrected chi connectivity index (χ3v) is 5.80. The molecule has 2 rings (SSSR count). The summed E-state index contributed by atoms with van der Waals surface area (Å²) in [5, 5.41) is 8.80. The number of nitrogens with two attached hydrogens (primary N) is 1. The molecule has 1 amide bonds. The highest BCUT2D eigenvalue weighted by molar-refractivity contribution is 7.93. The fraction of sp³-hybridized carbons (Fsp3) is 0.235. The number of nitriles is 1. The molecule has 0 saturated carbocycles. The van der Waals surface area contributed by atoms with E-state index in [0.717, 1.165) is 13.0 Å². The minimum Gasteiger partial charge on any atom is -0.473 e. The summed E-state index contributed by atoms with van der Waals surface area (Å²) in [5.41, 5.74) is -2.29. The van der Waals surface area contributed by atoms with E-state index in [9.17, 15) is 30.8 Å². The maximum absolute atomic E-state index is 14.5. The number of amides is 1. The zero-order valence-electron chi connectivity index (χ0n) is 15.5. The molecule has 1 aromatic heterocycles. The highest BCUT2D eigenvalue weighted by Gasteiger charge is 2.56. The lowest BCUT2D eigenvalue weighted by molar-refractivity contribution is -0.0442. The molecule has 0 fully saturated rings. The van der Waals surface area contributed by atoms with Crippen molar-refractivity contribution in [1.29, 1.82) is 5.26 Å². The highest BCUT2D eigenvalue weighted by atomic mass is 35.5. The van der Waals surface area contributed by atoms with Crippen molar-refractivity contribution in [3.63, 3.8) is 0 Å². The highest BCUT2D eigenvalue weighted by Crippen LogP contribution is 2.39. The van der Waals surface area contributed by atoms with E-state index in [1.807, 2.05) is 0 Å². The van der Waals surface area contributed by atoms with Gasteiger partial charge in [0.15, 0.2) is 5.00 Å². The molecule has 0 spiro atoms. The third kappa shape index (κ3) is 4.97. The average Bonchev–Trinajstić information content (AvgIpc) is 2.66. The van der Waals surface area contributed by atoms with Crippen LogP contribution in [0.5, 0.6) is 5.88 Å². The monoisotopic (exact) mass is 480 g/mol. The smallest absolute Gasteiger partial charge is 0.473 e. The Morgan fingerprint density at radius 3 is 2.52 bits per heavy atom. The van der Waals surface area contributed by atoms with E-state index in [-0.39, 0.29) is 11.1 Å². The van der Waals surface area contributed by atoms with Gasteiger partial charge in [-0.1, -0.05) is 11.6 Å². The molecular weight excluding hydrogens is 468 g/mol. The minimum absolute atomic E-state index is 0.246. The Bertz CT molecular complexity index is 1150. The van der Waals surface area contributed by atoms with Crippen molar-refractivity contribution in [2.24, 2.45) is 5.73 Å². The number of aromatic nitrogens is 1. The summed E-state index contributed by atoms with van der Waals surface area (Å²) in [6.45, 7) is -0.178. The molecule has 0 saturated heterocycles. The number of sulfonamides is 1. The number of anilines is 1. The van der Waals surface area contributed by atoms with Crippen LogP contribution in [0.1, 0.15) is 22.8 Å². The summed E-state index contributed by atoms with van der Waals surface area (Å²) >= 11 is 6.10. The van der Waals surface area contributed by atoms with Gasteiger partial charge < -0.3 is 10.5 Å². The van der Waals surface area contributed by atoms with Gasteiger partial charge in [0.2, 0.25) is 5.88 Å². The molecule has 2 N–H and O–H groups in total. The van der Waals surface area contributed by atoms with E-state index in [1.54, 1.807) is 6.07 Å². The van der Waals surface area contributed by atoms with Gasteiger partial charge in [-0.15, -0.1) is 0 Å². The van der Waals surface area contributed by atoms with E-state index in [2.05, 4.69) is 4.98 Å². The van der Waals surface area contributed by atoms with Crippen molar-refractivity contribution in [1.82, 2.24) is 4.98 Å². The summed E-state index contributed by atoms with van der Waals surface area (Å²) in [7, 11) is -6.24. The molecule has 0 bridgehead atoms. The number of primary amides is 1. The zero-order valence-corrected chi connectivity index (χ0v) is 17.1.